The number of anilines is 2. The van der Waals surface area contributed by atoms with Crippen molar-refractivity contribution in [2.24, 2.45) is 0 Å². The summed E-state index contributed by atoms with van der Waals surface area (Å²) in [5.74, 6) is 2.77. The van der Waals surface area contributed by atoms with E-state index in [1.54, 1.807) is 0 Å². The van der Waals surface area contributed by atoms with Crippen LogP contribution >= 0.6 is 0 Å². The van der Waals surface area contributed by atoms with Gasteiger partial charge >= 0.3 is 0 Å². The van der Waals surface area contributed by atoms with Crippen LogP contribution in [-0.2, 0) is 0 Å². The highest BCUT2D eigenvalue weighted by Gasteiger charge is 2.12. The molecule has 0 aliphatic rings. The fraction of sp³-hybridized carbons (Fsp3) is 0.0476. The van der Waals surface area contributed by atoms with E-state index in [-0.39, 0.29) is 0 Å². The first-order valence-electron chi connectivity index (χ1n) is 7.30. The number of rotatable bonds is 4. The molecule has 0 unspecified atom stereocenters. The summed E-state index contributed by atoms with van der Waals surface area (Å²) in [7, 11) is 0. The molecule has 0 aromatic heterocycles. The van der Waals surface area contributed by atoms with Gasteiger partial charge in [0.2, 0.25) is 0 Å². The molecule has 1 nitrogen and oxygen atoms in total. The molecule has 3 aromatic rings. The SMILES string of the molecule is C#CCN(c1ccccc1)c1ccccc1-c1ccccc1. The largest absolute Gasteiger partial charge is 0.329 e. The number of terminal acetylenes is 1. The lowest BCUT2D eigenvalue weighted by atomic mass is 10.0. The number of para-hydroxylation sites is 2. The summed E-state index contributed by atoms with van der Waals surface area (Å²) in [5.41, 5.74) is 4.60. The second-order valence-electron chi connectivity index (χ2n) is 5.01. The van der Waals surface area contributed by atoms with E-state index in [0.717, 1.165) is 11.4 Å². The van der Waals surface area contributed by atoms with Crippen LogP contribution in [0.5, 0.6) is 0 Å². The van der Waals surface area contributed by atoms with Gasteiger partial charge in [0.25, 0.3) is 0 Å². The van der Waals surface area contributed by atoms with Crippen molar-refractivity contribution < 1.29 is 0 Å². The Labute approximate surface area is 131 Å². The monoisotopic (exact) mass is 283 g/mol. The van der Waals surface area contributed by atoms with Gasteiger partial charge < -0.3 is 4.90 Å². The molecule has 0 N–H and O–H groups in total. The Kier molecular flexibility index (Phi) is 4.22. The Balaban J connectivity index is 2.12. The van der Waals surface area contributed by atoms with Crippen LogP contribution in [0.3, 0.4) is 0 Å². The molecule has 22 heavy (non-hydrogen) atoms. The predicted octanol–water partition coefficient (Wildman–Crippen LogP) is 5.12. The van der Waals surface area contributed by atoms with E-state index in [2.05, 4.69) is 65.4 Å². The van der Waals surface area contributed by atoms with Crippen LogP contribution in [-0.4, -0.2) is 6.54 Å². The smallest absolute Gasteiger partial charge is 0.0840 e. The lowest BCUT2D eigenvalue weighted by molar-refractivity contribution is 1.12. The number of benzene rings is 3. The minimum Gasteiger partial charge on any atom is -0.329 e. The lowest BCUT2D eigenvalue weighted by Crippen LogP contribution is -2.17. The average molecular weight is 283 g/mol. The van der Waals surface area contributed by atoms with E-state index < -0.39 is 0 Å². The van der Waals surface area contributed by atoms with Crippen LogP contribution in [0.1, 0.15) is 0 Å². The fourth-order valence-corrected chi connectivity index (χ4v) is 2.59. The third kappa shape index (κ3) is 2.87. The third-order valence-corrected chi connectivity index (χ3v) is 3.60. The predicted molar refractivity (Wildman–Crippen MR) is 94.2 cm³/mol. The molecule has 0 spiro atoms. The molecule has 0 saturated heterocycles. The van der Waals surface area contributed by atoms with Crippen LogP contribution < -0.4 is 4.90 Å². The molecule has 0 radical (unpaired) electrons. The molecule has 0 aliphatic carbocycles. The van der Waals surface area contributed by atoms with Crippen LogP contribution in [0.15, 0.2) is 84.9 Å². The first-order chi connectivity index (χ1) is 10.9. The third-order valence-electron chi connectivity index (χ3n) is 3.60. The van der Waals surface area contributed by atoms with Gasteiger partial charge in [0.05, 0.1) is 6.54 Å². The van der Waals surface area contributed by atoms with E-state index in [0.29, 0.717) is 6.54 Å². The Morgan fingerprint density at radius 3 is 2.00 bits per heavy atom. The van der Waals surface area contributed by atoms with Crippen molar-refractivity contribution in [2.45, 2.75) is 0 Å². The summed E-state index contributed by atoms with van der Waals surface area (Å²) in [6.45, 7) is 0.536. The van der Waals surface area contributed by atoms with E-state index >= 15 is 0 Å². The first kappa shape index (κ1) is 14.0. The number of hydrogen-bond donors (Lipinski definition) is 0. The summed E-state index contributed by atoms with van der Waals surface area (Å²) in [5, 5.41) is 0. The van der Waals surface area contributed by atoms with Gasteiger partial charge in [-0.3, -0.25) is 0 Å². The molecule has 0 heterocycles. The van der Waals surface area contributed by atoms with Crippen molar-refractivity contribution in [1.29, 1.82) is 0 Å². The van der Waals surface area contributed by atoms with Crippen LogP contribution in [0.25, 0.3) is 11.1 Å². The second kappa shape index (κ2) is 6.65. The molecular weight excluding hydrogens is 266 g/mol. The van der Waals surface area contributed by atoms with Gasteiger partial charge in [0.15, 0.2) is 0 Å². The first-order valence-corrected chi connectivity index (χ1v) is 7.30. The molecule has 0 atom stereocenters. The summed E-state index contributed by atoms with van der Waals surface area (Å²) in [6.07, 6.45) is 5.60. The second-order valence-corrected chi connectivity index (χ2v) is 5.01. The summed E-state index contributed by atoms with van der Waals surface area (Å²) in [6, 6.07) is 29.0. The molecule has 0 bridgehead atoms. The van der Waals surface area contributed by atoms with Gasteiger partial charge in [-0.1, -0.05) is 72.7 Å². The summed E-state index contributed by atoms with van der Waals surface area (Å²) >= 11 is 0. The molecule has 0 saturated carbocycles. The van der Waals surface area contributed by atoms with Gasteiger partial charge in [-0.25, -0.2) is 0 Å². The van der Waals surface area contributed by atoms with Crippen molar-refractivity contribution >= 4 is 11.4 Å². The molecule has 0 aliphatic heterocycles. The van der Waals surface area contributed by atoms with Crippen molar-refractivity contribution in [3.8, 4) is 23.5 Å². The van der Waals surface area contributed by atoms with Crippen LogP contribution in [0.2, 0.25) is 0 Å². The highest BCUT2D eigenvalue weighted by Crippen LogP contribution is 2.34. The van der Waals surface area contributed by atoms with Gasteiger partial charge in [-0.05, 0) is 23.8 Å². The molecule has 106 valence electrons. The maximum absolute atomic E-state index is 5.60. The summed E-state index contributed by atoms with van der Waals surface area (Å²) < 4.78 is 0. The van der Waals surface area contributed by atoms with Crippen LogP contribution in [0, 0.1) is 12.3 Å². The van der Waals surface area contributed by atoms with E-state index in [4.69, 9.17) is 6.42 Å². The normalized spacial score (nSPS) is 9.95. The zero-order chi connectivity index (χ0) is 15.2. The van der Waals surface area contributed by atoms with Crippen molar-refractivity contribution in [1.82, 2.24) is 0 Å². The standard InChI is InChI=1S/C21H17N/c1-2-17-22(19-13-7-4-8-14-19)21-16-10-9-15-20(21)18-11-5-3-6-12-18/h1,3-16H,17H2. The Morgan fingerprint density at radius 1 is 0.727 bits per heavy atom. The maximum Gasteiger partial charge on any atom is 0.0840 e. The molecule has 1 heteroatoms. The Hall–Kier alpha value is -2.98. The van der Waals surface area contributed by atoms with E-state index in [1.165, 1.54) is 11.1 Å². The molecule has 0 fully saturated rings. The molecule has 0 amide bonds. The maximum atomic E-state index is 5.60. The minimum atomic E-state index is 0.536. The number of nitrogens with zero attached hydrogens (tertiary/aromatic N) is 1. The molecule has 3 rings (SSSR count). The quantitative estimate of drug-likeness (QED) is 0.600. The lowest BCUT2D eigenvalue weighted by Gasteiger charge is -2.25. The summed E-state index contributed by atoms with van der Waals surface area (Å²) in [4.78, 5) is 2.17. The molecule has 3 aromatic carbocycles. The van der Waals surface area contributed by atoms with E-state index in [9.17, 15) is 0 Å². The minimum absolute atomic E-state index is 0.536. The Morgan fingerprint density at radius 2 is 1.32 bits per heavy atom. The highest BCUT2D eigenvalue weighted by atomic mass is 15.1. The fourth-order valence-electron chi connectivity index (χ4n) is 2.59. The zero-order valence-corrected chi connectivity index (χ0v) is 12.3. The van der Waals surface area contributed by atoms with Crippen molar-refractivity contribution in [3.05, 3.63) is 84.9 Å². The Bertz CT molecular complexity index is 770. The van der Waals surface area contributed by atoms with Gasteiger partial charge in [-0.15, -0.1) is 6.42 Å². The number of hydrogen-bond acceptors (Lipinski definition) is 1. The topological polar surface area (TPSA) is 3.24 Å². The van der Waals surface area contributed by atoms with Crippen LogP contribution in [0.4, 0.5) is 11.4 Å². The van der Waals surface area contributed by atoms with Crippen molar-refractivity contribution in [3.63, 3.8) is 0 Å². The highest BCUT2D eigenvalue weighted by molar-refractivity contribution is 5.82. The zero-order valence-electron chi connectivity index (χ0n) is 12.3. The van der Waals surface area contributed by atoms with E-state index in [1.807, 2.05) is 30.3 Å². The van der Waals surface area contributed by atoms with Gasteiger partial charge in [0.1, 0.15) is 0 Å². The molecular formula is C21H17N. The van der Waals surface area contributed by atoms with Gasteiger partial charge in [0, 0.05) is 16.9 Å². The average Bonchev–Trinajstić information content (AvgIpc) is 2.61. The van der Waals surface area contributed by atoms with Crippen molar-refractivity contribution in [2.75, 3.05) is 11.4 Å². The van der Waals surface area contributed by atoms with Gasteiger partial charge in [-0.2, -0.15) is 0 Å².